The summed E-state index contributed by atoms with van der Waals surface area (Å²) < 4.78 is 0. The molecule has 0 aliphatic heterocycles. The van der Waals surface area contributed by atoms with Crippen LogP contribution in [0.25, 0.3) is 0 Å². The SMILES string of the molecule is CN(Cc1ccncc1)C(CN)CC1CCCCC1. The van der Waals surface area contributed by atoms with Crippen LogP contribution in [0, 0.1) is 5.92 Å². The molecule has 0 bridgehead atoms. The van der Waals surface area contributed by atoms with E-state index >= 15 is 0 Å². The van der Waals surface area contributed by atoms with Crippen LogP contribution >= 0.6 is 0 Å². The molecule has 0 radical (unpaired) electrons. The van der Waals surface area contributed by atoms with E-state index in [1.807, 2.05) is 12.4 Å². The van der Waals surface area contributed by atoms with Crippen LogP contribution in [0.15, 0.2) is 24.5 Å². The van der Waals surface area contributed by atoms with E-state index in [9.17, 15) is 0 Å². The summed E-state index contributed by atoms with van der Waals surface area (Å²) in [5.41, 5.74) is 7.31. The Morgan fingerprint density at radius 2 is 1.95 bits per heavy atom. The highest BCUT2D eigenvalue weighted by molar-refractivity contribution is 5.09. The van der Waals surface area contributed by atoms with Crippen LogP contribution in [0.3, 0.4) is 0 Å². The smallest absolute Gasteiger partial charge is 0.0271 e. The van der Waals surface area contributed by atoms with Crippen LogP contribution in [0.4, 0.5) is 0 Å². The van der Waals surface area contributed by atoms with Gasteiger partial charge in [-0.2, -0.15) is 0 Å². The molecule has 0 spiro atoms. The lowest BCUT2D eigenvalue weighted by Crippen LogP contribution is -2.39. The number of hydrogen-bond donors (Lipinski definition) is 1. The Morgan fingerprint density at radius 1 is 1.26 bits per heavy atom. The average Bonchev–Trinajstić information content (AvgIpc) is 2.47. The first kappa shape index (κ1) is 14.5. The molecule has 0 amide bonds. The van der Waals surface area contributed by atoms with Crippen molar-refractivity contribution in [3.05, 3.63) is 30.1 Å². The Hall–Kier alpha value is -0.930. The van der Waals surface area contributed by atoms with Gasteiger partial charge in [0.05, 0.1) is 0 Å². The summed E-state index contributed by atoms with van der Waals surface area (Å²) in [5, 5.41) is 0. The number of pyridine rings is 1. The Morgan fingerprint density at radius 3 is 2.58 bits per heavy atom. The van der Waals surface area contributed by atoms with Crippen LogP contribution < -0.4 is 5.73 Å². The summed E-state index contributed by atoms with van der Waals surface area (Å²) in [6, 6.07) is 4.69. The van der Waals surface area contributed by atoms with Crippen LogP contribution in [0.5, 0.6) is 0 Å². The van der Waals surface area contributed by atoms with Crippen molar-refractivity contribution in [2.45, 2.75) is 51.1 Å². The molecule has 1 heterocycles. The third kappa shape index (κ3) is 4.59. The summed E-state index contributed by atoms with van der Waals surface area (Å²) in [7, 11) is 2.20. The van der Waals surface area contributed by atoms with E-state index in [1.165, 1.54) is 44.1 Å². The van der Waals surface area contributed by atoms with Gasteiger partial charge in [-0.3, -0.25) is 9.88 Å². The maximum atomic E-state index is 5.99. The van der Waals surface area contributed by atoms with Crippen molar-refractivity contribution < 1.29 is 0 Å². The minimum atomic E-state index is 0.510. The zero-order valence-corrected chi connectivity index (χ0v) is 12.1. The minimum Gasteiger partial charge on any atom is -0.329 e. The van der Waals surface area contributed by atoms with Crippen molar-refractivity contribution in [3.63, 3.8) is 0 Å². The van der Waals surface area contributed by atoms with Gasteiger partial charge in [0.15, 0.2) is 0 Å². The molecule has 0 aromatic carbocycles. The molecule has 3 heteroatoms. The molecule has 19 heavy (non-hydrogen) atoms. The molecule has 1 aliphatic carbocycles. The van der Waals surface area contributed by atoms with Crippen LogP contribution in [0.1, 0.15) is 44.1 Å². The first-order valence-electron chi connectivity index (χ1n) is 7.59. The fourth-order valence-corrected chi connectivity index (χ4v) is 3.17. The quantitative estimate of drug-likeness (QED) is 0.856. The largest absolute Gasteiger partial charge is 0.329 e. The van der Waals surface area contributed by atoms with Crippen molar-refractivity contribution >= 4 is 0 Å². The third-order valence-electron chi connectivity index (χ3n) is 4.41. The van der Waals surface area contributed by atoms with Crippen molar-refractivity contribution in [1.29, 1.82) is 0 Å². The Bertz CT molecular complexity index is 346. The molecule has 1 fully saturated rings. The van der Waals surface area contributed by atoms with Gasteiger partial charge in [0.2, 0.25) is 0 Å². The molecular formula is C16H27N3. The van der Waals surface area contributed by atoms with Gasteiger partial charge < -0.3 is 5.73 Å². The first-order chi connectivity index (χ1) is 9.29. The van der Waals surface area contributed by atoms with E-state index in [0.717, 1.165) is 19.0 Å². The fourth-order valence-electron chi connectivity index (χ4n) is 3.17. The number of hydrogen-bond acceptors (Lipinski definition) is 3. The highest BCUT2D eigenvalue weighted by Gasteiger charge is 2.21. The molecule has 2 N–H and O–H groups in total. The highest BCUT2D eigenvalue weighted by atomic mass is 15.1. The first-order valence-corrected chi connectivity index (χ1v) is 7.59. The molecule has 1 saturated carbocycles. The maximum absolute atomic E-state index is 5.99. The predicted molar refractivity (Wildman–Crippen MR) is 79.7 cm³/mol. The second kappa shape index (κ2) is 7.61. The van der Waals surface area contributed by atoms with Gasteiger partial charge in [-0.25, -0.2) is 0 Å². The molecule has 2 rings (SSSR count). The monoisotopic (exact) mass is 261 g/mol. The topological polar surface area (TPSA) is 42.2 Å². The number of likely N-dealkylation sites (N-methyl/N-ethyl adjacent to an activating group) is 1. The average molecular weight is 261 g/mol. The second-order valence-electron chi connectivity index (χ2n) is 5.90. The lowest BCUT2D eigenvalue weighted by molar-refractivity contribution is 0.185. The normalized spacial score (nSPS) is 18.7. The van der Waals surface area contributed by atoms with Crippen LogP contribution in [0.2, 0.25) is 0 Å². The summed E-state index contributed by atoms with van der Waals surface area (Å²) in [4.78, 5) is 6.47. The van der Waals surface area contributed by atoms with Gasteiger partial charge >= 0.3 is 0 Å². The van der Waals surface area contributed by atoms with E-state index in [1.54, 1.807) is 0 Å². The zero-order valence-electron chi connectivity index (χ0n) is 12.1. The van der Waals surface area contributed by atoms with Crippen molar-refractivity contribution in [2.75, 3.05) is 13.6 Å². The highest BCUT2D eigenvalue weighted by Crippen LogP contribution is 2.28. The standard InChI is InChI=1S/C16H27N3/c1-19(13-15-7-9-18-10-8-15)16(12-17)11-14-5-3-2-4-6-14/h7-10,14,16H,2-6,11-13,17H2,1H3. The molecule has 1 aliphatic rings. The molecular weight excluding hydrogens is 234 g/mol. The molecule has 1 atom stereocenters. The van der Waals surface area contributed by atoms with Crippen molar-refractivity contribution in [2.24, 2.45) is 11.7 Å². The summed E-state index contributed by atoms with van der Waals surface area (Å²) >= 11 is 0. The molecule has 1 aromatic rings. The maximum Gasteiger partial charge on any atom is 0.0271 e. The molecule has 106 valence electrons. The lowest BCUT2D eigenvalue weighted by atomic mass is 9.84. The van der Waals surface area contributed by atoms with Crippen LogP contribution in [-0.4, -0.2) is 29.5 Å². The molecule has 1 aromatic heterocycles. The van der Waals surface area contributed by atoms with Gasteiger partial charge in [0.1, 0.15) is 0 Å². The molecule has 3 nitrogen and oxygen atoms in total. The molecule has 0 saturated heterocycles. The lowest BCUT2D eigenvalue weighted by Gasteiger charge is -2.32. The van der Waals surface area contributed by atoms with E-state index in [-0.39, 0.29) is 0 Å². The predicted octanol–water partition coefficient (Wildman–Crippen LogP) is 2.81. The summed E-state index contributed by atoms with van der Waals surface area (Å²) in [6.45, 7) is 1.73. The van der Waals surface area contributed by atoms with Crippen molar-refractivity contribution in [1.82, 2.24) is 9.88 Å². The number of nitrogens with two attached hydrogens (primary N) is 1. The Kier molecular flexibility index (Phi) is 5.80. The fraction of sp³-hybridized carbons (Fsp3) is 0.688. The van der Waals surface area contributed by atoms with Gasteiger partial charge in [-0.05, 0) is 37.1 Å². The van der Waals surface area contributed by atoms with Gasteiger partial charge in [0, 0.05) is 31.5 Å². The Labute approximate surface area is 117 Å². The number of aromatic nitrogens is 1. The minimum absolute atomic E-state index is 0.510. The van der Waals surface area contributed by atoms with Gasteiger partial charge in [-0.15, -0.1) is 0 Å². The Balaban J connectivity index is 1.85. The van der Waals surface area contributed by atoms with E-state index < -0.39 is 0 Å². The van der Waals surface area contributed by atoms with E-state index in [0.29, 0.717) is 6.04 Å². The number of nitrogens with zero attached hydrogens (tertiary/aromatic N) is 2. The van der Waals surface area contributed by atoms with E-state index in [4.69, 9.17) is 5.73 Å². The number of rotatable bonds is 6. The van der Waals surface area contributed by atoms with Gasteiger partial charge in [0.25, 0.3) is 0 Å². The van der Waals surface area contributed by atoms with Crippen molar-refractivity contribution in [3.8, 4) is 0 Å². The summed E-state index contributed by atoms with van der Waals surface area (Å²) in [5.74, 6) is 0.891. The molecule has 1 unspecified atom stereocenters. The summed E-state index contributed by atoms with van der Waals surface area (Å²) in [6.07, 6.45) is 12.0. The zero-order chi connectivity index (χ0) is 13.5. The van der Waals surface area contributed by atoms with E-state index in [2.05, 4.69) is 29.1 Å². The van der Waals surface area contributed by atoms with Crippen LogP contribution in [-0.2, 0) is 6.54 Å². The third-order valence-corrected chi connectivity index (χ3v) is 4.41. The second-order valence-corrected chi connectivity index (χ2v) is 5.90. The van der Waals surface area contributed by atoms with Gasteiger partial charge in [-0.1, -0.05) is 32.1 Å².